The summed E-state index contributed by atoms with van der Waals surface area (Å²) in [6, 6.07) is 17.9. The Hall–Kier alpha value is -3.28. The molecule has 1 saturated heterocycles. The van der Waals surface area contributed by atoms with Gasteiger partial charge in [-0.25, -0.2) is 4.79 Å². The lowest BCUT2D eigenvalue weighted by Gasteiger charge is -2.32. The van der Waals surface area contributed by atoms with Crippen molar-refractivity contribution in [2.75, 3.05) is 13.1 Å². The quantitative estimate of drug-likeness (QED) is 0.585. The number of H-pyrrole nitrogens is 1. The molecule has 0 radical (unpaired) electrons. The van der Waals surface area contributed by atoms with Crippen molar-refractivity contribution in [1.29, 1.82) is 0 Å². The van der Waals surface area contributed by atoms with Crippen LogP contribution in [-0.4, -0.2) is 38.0 Å². The average molecular weight is 374 g/mol. The Morgan fingerprint density at radius 2 is 1.68 bits per heavy atom. The molecule has 1 aliphatic rings. The number of para-hydroxylation sites is 3. The van der Waals surface area contributed by atoms with Gasteiger partial charge in [-0.05, 0) is 37.1 Å². The second-order valence-electron chi connectivity index (χ2n) is 7.49. The van der Waals surface area contributed by atoms with Crippen LogP contribution in [0.25, 0.3) is 21.9 Å². The number of rotatable bonds is 2. The van der Waals surface area contributed by atoms with Crippen molar-refractivity contribution in [2.45, 2.75) is 18.9 Å². The molecule has 6 heteroatoms. The maximum atomic E-state index is 13.1. The van der Waals surface area contributed by atoms with Crippen LogP contribution in [0.2, 0.25) is 0 Å². The number of aromatic nitrogens is 3. The molecule has 0 unspecified atom stereocenters. The maximum absolute atomic E-state index is 13.1. The van der Waals surface area contributed by atoms with Crippen LogP contribution < -0.4 is 5.69 Å². The van der Waals surface area contributed by atoms with Crippen LogP contribution in [0.4, 0.5) is 0 Å². The normalized spacial score (nSPS) is 15.5. The van der Waals surface area contributed by atoms with E-state index in [1.807, 2.05) is 75.7 Å². The number of nitrogens with zero attached hydrogens (tertiary/aromatic N) is 3. The van der Waals surface area contributed by atoms with Gasteiger partial charge < -0.3 is 14.5 Å². The van der Waals surface area contributed by atoms with Crippen molar-refractivity contribution in [1.82, 2.24) is 19.0 Å². The smallest absolute Gasteiger partial charge is 0.326 e. The molecule has 0 atom stereocenters. The lowest BCUT2D eigenvalue weighted by Crippen LogP contribution is -2.41. The molecule has 142 valence electrons. The fourth-order valence-corrected chi connectivity index (χ4v) is 4.42. The molecule has 1 aliphatic heterocycles. The monoisotopic (exact) mass is 374 g/mol. The minimum Gasteiger partial charge on any atom is -0.340 e. The third-order valence-electron chi connectivity index (χ3n) is 5.91. The number of piperidine rings is 1. The summed E-state index contributed by atoms with van der Waals surface area (Å²) in [5.41, 5.74) is 3.50. The summed E-state index contributed by atoms with van der Waals surface area (Å²) in [6.07, 6.45) is 1.55. The summed E-state index contributed by atoms with van der Waals surface area (Å²) in [7, 11) is 1.94. The van der Waals surface area contributed by atoms with Crippen molar-refractivity contribution in [3.05, 3.63) is 70.8 Å². The maximum Gasteiger partial charge on any atom is 0.326 e. The van der Waals surface area contributed by atoms with E-state index in [1.165, 1.54) is 0 Å². The lowest BCUT2D eigenvalue weighted by molar-refractivity contribution is 0.0686. The lowest BCUT2D eigenvalue weighted by atomic mass is 10.0. The summed E-state index contributed by atoms with van der Waals surface area (Å²) in [4.78, 5) is 30.4. The zero-order valence-electron chi connectivity index (χ0n) is 15.8. The van der Waals surface area contributed by atoms with E-state index in [-0.39, 0.29) is 17.6 Å². The van der Waals surface area contributed by atoms with E-state index in [4.69, 9.17) is 0 Å². The van der Waals surface area contributed by atoms with Gasteiger partial charge in [-0.2, -0.15) is 0 Å². The Bertz CT molecular complexity index is 1240. The van der Waals surface area contributed by atoms with Gasteiger partial charge in [0.05, 0.1) is 11.0 Å². The number of aryl methyl sites for hydroxylation is 1. The highest BCUT2D eigenvalue weighted by Crippen LogP contribution is 2.27. The molecular weight excluding hydrogens is 352 g/mol. The Morgan fingerprint density at radius 3 is 2.43 bits per heavy atom. The number of aromatic amines is 1. The summed E-state index contributed by atoms with van der Waals surface area (Å²) in [6.45, 7) is 1.30. The highest BCUT2D eigenvalue weighted by atomic mass is 16.2. The van der Waals surface area contributed by atoms with Crippen molar-refractivity contribution in [2.24, 2.45) is 7.05 Å². The number of carbonyl (C=O) groups excluding carboxylic acids is 1. The fraction of sp³-hybridized carbons (Fsp3) is 0.273. The number of likely N-dealkylation sites (tertiary alicyclic amines) is 1. The van der Waals surface area contributed by atoms with Gasteiger partial charge in [0.1, 0.15) is 5.69 Å². The van der Waals surface area contributed by atoms with E-state index in [9.17, 15) is 9.59 Å². The van der Waals surface area contributed by atoms with Crippen molar-refractivity contribution in [3.8, 4) is 0 Å². The molecule has 1 N–H and O–H groups in total. The third kappa shape index (κ3) is 2.56. The molecule has 3 heterocycles. The number of amides is 1. The van der Waals surface area contributed by atoms with Gasteiger partial charge in [0.15, 0.2) is 0 Å². The number of carbonyl (C=O) groups is 1. The molecule has 4 aromatic rings. The topological polar surface area (TPSA) is 63.0 Å². The van der Waals surface area contributed by atoms with Crippen LogP contribution in [0.1, 0.15) is 29.4 Å². The van der Waals surface area contributed by atoms with Crippen molar-refractivity contribution < 1.29 is 4.79 Å². The fourth-order valence-electron chi connectivity index (χ4n) is 4.42. The number of imidazole rings is 1. The molecule has 6 nitrogen and oxygen atoms in total. The second-order valence-corrected chi connectivity index (χ2v) is 7.49. The van der Waals surface area contributed by atoms with E-state index < -0.39 is 0 Å². The van der Waals surface area contributed by atoms with E-state index in [1.54, 1.807) is 0 Å². The predicted octanol–water partition coefficient (Wildman–Crippen LogP) is 3.30. The molecular formula is C22H22N4O2. The van der Waals surface area contributed by atoms with Gasteiger partial charge in [-0.1, -0.05) is 30.3 Å². The van der Waals surface area contributed by atoms with Gasteiger partial charge in [0.2, 0.25) is 0 Å². The molecule has 1 amide bonds. The molecule has 2 aromatic heterocycles. The van der Waals surface area contributed by atoms with Crippen LogP contribution in [0.3, 0.4) is 0 Å². The first-order valence-corrected chi connectivity index (χ1v) is 9.66. The van der Waals surface area contributed by atoms with Crippen molar-refractivity contribution >= 4 is 27.8 Å². The Balaban J connectivity index is 1.38. The molecule has 0 aliphatic carbocycles. The van der Waals surface area contributed by atoms with Gasteiger partial charge in [0, 0.05) is 37.1 Å². The molecule has 1 fully saturated rings. The SMILES string of the molecule is Cn1c(C(=O)N2CCC(n3c(=O)[nH]c4ccccc43)CC2)cc2ccccc21. The summed E-state index contributed by atoms with van der Waals surface area (Å²) in [5.74, 6) is 0.0587. The molecule has 0 saturated carbocycles. The first-order chi connectivity index (χ1) is 13.6. The van der Waals surface area contributed by atoms with Crippen LogP contribution in [0.5, 0.6) is 0 Å². The number of hydrogen-bond donors (Lipinski definition) is 1. The average Bonchev–Trinajstić information content (AvgIpc) is 3.24. The van der Waals surface area contributed by atoms with Gasteiger partial charge >= 0.3 is 5.69 Å². The van der Waals surface area contributed by atoms with Crippen LogP contribution in [0.15, 0.2) is 59.4 Å². The Labute approximate surface area is 162 Å². The van der Waals surface area contributed by atoms with E-state index in [0.717, 1.165) is 34.8 Å². The molecule has 5 rings (SSSR count). The first-order valence-electron chi connectivity index (χ1n) is 9.66. The first kappa shape index (κ1) is 16.9. The molecule has 28 heavy (non-hydrogen) atoms. The Kier molecular flexibility index (Phi) is 3.86. The number of benzene rings is 2. The van der Waals surface area contributed by atoms with E-state index in [2.05, 4.69) is 4.98 Å². The largest absolute Gasteiger partial charge is 0.340 e. The van der Waals surface area contributed by atoms with Gasteiger partial charge in [-0.15, -0.1) is 0 Å². The number of nitrogens with one attached hydrogen (secondary N) is 1. The highest BCUT2D eigenvalue weighted by Gasteiger charge is 2.28. The standard InChI is InChI=1S/C22H22N4O2/c1-24-18-8-4-2-6-15(18)14-20(24)21(27)25-12-10-16(11-13-25)26-19-9-5-3-7-17(19)23-22(26)28/h2-9,14,16H,10-13H2,1H3,(H,23,28). The van der Waals surface area contributed by atoms with Crippen LogP contribution in [-0.2, 0) is 7.05 Å². The third-order valence-corrected chi connectivity index (χ3v) is 5.91. The minimum absolute atomic E-state index is 0.0587. The molecule has 2 aromatic carbocycles. The summed E-state index contributed by atoms with van der Waals surface area (Å²) >= 11 is 0. The van der Waals surface area contributed by atoms with E-state index >= 15 is 0 Å². The molecule has 0 spiro atoms. The van der Waals surface area contributed by atoms with Crippen molar-refractivity contribution in [3.63, 3.8) is 0 Å². The number of fused-ring (bicyclic) bond motifs is 2. The van der Waals surface area contributed by atoms with Gasteiger partial charge in [-0.3, -0.25) is 9.36 Å². The predicted molar refractivity (Wildman–Crippen MR) is 110 cm³/mol. The van der Waals surface area contributed by atoms with Gasteiger partial charge in [0.25, 0.3) is 5.91 Å². The molecule has 0 bridgehead atoms. The summed E-state index contributed by atoms with van der Waals surface area (Å²) < 4.78 is 3.82. The van der Waals surface area contributed by atoms with Crippen LogP contribution in [0, 0.1) is 0 Å². The zero-order valence-corrected chi connectivity index (χ0v) is 15.8. The number of hydrogen-bond acceptors (Lipinski definition) is 2. The van der Waals surface area contributed by atoms with Crippen LogP contribution >= 0.6 is 0 Å². The Morgan fingerprint density at radius 1 is 1.00 bits per heavy atom. The second kappa shape index (κ2) is 6.41. The summed E-state index contributed by atoms with van der Waals surface area (Å²) in [5, 5.41) is 1.08. The van der Waals surface area contributed by atoms with E-state index in [0.29, 0.717) is 18.8 Å². The zero-order chi connectivity index (χ0) is 19.3. The highest BCUT2D eigenvalue weighted by molar-refractivity contribution is 5.98. The minimum atomic E-state index is -0.0698.